The number of nitrogens with zero attached hydrogens (tertiary/aromatic N) is 1. The average Bonchev–Trinajstić information content (AvgIpc) is 2.18. The van der Waals surface area contributed by atoms with E-state index in [9.17, 15) is 4.79 Å². The van der Waals surface area contributed by atoms with E-state index in [0.29, 0.717) is 0 Å². The molecule has 0 aliphatic carbocycles. The molecule has 136 valence electrons. The fraction of sp³-hybridized carbons (Fsp3) is 0.857. The van der Waals surface area contributed by atoms with Crippen LogP contribution in [-0.2, 0) is 4.79 Å². The van der Waals surface area contributed by atoms with Crippen LogP contribution in [0.25, 0.3) is 0 Å². The van der Waals surface area contributed by atoms with Crippen LogP contribution >= 0.6 is 0 Å². The molecule has 0 aromatic heterocycles. The summed E-state index contributed by atoms with van der Waals surface area (Å²) < 4.78 is 0. The predicted molar refractivity (Wildman–Crippen MR) is 102 cm³/mol. The number of amides is 1. The van der Waals surface area contributed by atoms with Gasteiger partial charge in [-0.05, 0) is 40.6 Å². The molecule has 1 amide bonds. The van der Waals surface area contributed by atoms with Crippen molar-refractivity contribution < 1.29 is 4.79 Å². The SMILES string of the molecule is C=CC(=O)N(CC(C)(C)CC(C)(C)C)CC(C)(C)CC(C)(C)C. The summed E-state index contributed by atoms with van der Waals surface area (Å²) in [6.45, 7) is 27.9. The Hall–Kier alpha value is -0.790. The molecular weight excluding hydrogens is 282 g/mol. The zero-order valence-electron chi connectivity index (χ0n) is 17.5. The van der Waals surface area contributed by atoms with Gasteiger partial charge in [0, 0.05) is 13.1 Å². The van der Waals surface area contributed by atoms with Crippen LogP contribution in [0.4, 0.5) is 0 Å². The van der Waals surface area contributed by atoms with Crippen LogP contribution in [0.1, 0.15) is 82.1 Å². The number of carbonyl (C=O) groups excluding carboxylic acids is 1. The van der Waals surface area contributed by atoms with Crippen molar-refractivity contribution in [2.24, 2.45) is 21.7 Å². The Kier molecular flexibility index (Phi) is 7.15. The van der Waals surface area contributed by atoms with E-state index < -0.39 is 0 Å². The minimum Gasteiger partial charge on any atom is -0.338 e. The van der Waals surface area contributed by atoms with Gasteiger partial charge in [-0.3, -0.25) is 4.79 Å². The first-order valence-electron chi connectivity index (χ1n) is 8.88. The van der Waals surface area contributed by atoms with Crippen molar-refractivity contribution in [2.75, 3.05) is 13.1 Å². The monoisotopic (exact) mass is 323 g/mol. The molecule has 0 N–H and O–H groups in total. The van der Waals surface area contributed by atoms with Crippen molar-refractivity contribution in [3.05, 3.63) is 12.7 Å². The molecule has 0 radical (unpaired) electrons. The van der Waals surface area contributed by atoms with Crippen LogP contribution in [0.5, 0.6) is 0 Å². The molecule has 0 aliphatic heterocycles. The molecule has 0 atom stereocenters. The molecule has 0 unspecified atom stereocenters. The molecule has 2 heteroatoms. The summed E-state index contributed by atoms with van der Waals surface area (Å²) in [7, 11) is 0. The molecule has 23 heavy (non-hydrogen) atoms. The van der Waals surface area contributed by atoms with Gasteiger partial charge >= 0.3 is 0 Å². The van der Waals surface area contributed by atoms with Crippen LogP contribution in [-0.4, -0.2) is 23.9 Å². The second-order valence-corrected chi connectivity index (χ2v) is 11.2. The Bertz CT molecular complexity index is 375. The lowest BCUT2D eigenvalue weighted by molar-refractivity contribution is -0.129. The Balaban J connectivity index is 5.18. The highest BCUT2D eigenvalue weighted by atomic mass is 16.2. The van der Waals surface area contributed by atoms with Gasteiger partial charge in [0.05, 0.1) is 0 Å². The van der Waals surface area contributed by atoms with Crippen molar-refractivity contribution in [1.29, 1.82) is 0 Å². The largest absolute Gasteiger partial charge is 0.338 e. The third-order valence-electron chi connectivity index (χ3n) is 3.74. The zero-order chi connectivity index (χ0) is 18.7. The van der Waals surface area contributed by atoms with Gasteiger partial charge in [-0.2, -0.15) is 0 Å². The molecule has 0 bridgehead atoms. The quantitative estimate of drug-likeness (QED) is 0.532. The third-order valence-corrected chi connectivity index (χ3v) is 3.74. The van der Waals surface area contributed by atoms with Crippen molar-refractivity contribution in [1.82, 2.24) is 4.90 Å². The van der Waals surface area contributed by atoms with Crippen molar-refractivity contribution in [3.63, 3.8) is 0 Å². The Morgan fingerprint density at radius 1 is 0.783 bits per heavy atom. The van der Waals surface area contributed by atoms with Crippen LogP contribution in [0.3, 0.4) is 0 Å². The maximum absolute atomic E-state index is 12.4. The van der Waals surface area contributed by atoms with E-state index in [4.69, 9.17) is 0 Å². The van der Waals surface area contributed by atoms with E-state index >= 15 is 0 Å². The lowest BCUT2D eigenvalue weighted by Crippen LogP contribution is -2.45. The van der Waals surface area contributed by atoms with E-state index in [0.717, 1.165) is 25.9 Å². The first kappa shape index (κ1) is 22.2. The summed E-state index contributed by atoms with van der Waals surface area (Å²) >= 11 is 0. The van der Waals surface area contributed by atoms with Crippen molar-refractivity contribution in [3.8, 4) is 0 Å². The molecule has 0 spiro atoms. The first-order valence-corrected chi connectivity index (χ1v) is 8.88. The van der Waals surface area contributed by atoms with E-state index in [2.05, 4.69) is 75.8 Å². The smallest absolute Gasteiger partial charge is 0.245 e. The Labute approximate surface area is 145 Å². The molecule has 0 saturated heterocycles. The maximum Gasteiger partial charge on any atom is 0.245 e. The summed E-state index contributed by atoms with van der Waals surface area (Å²) in [6.07, 6.45) is 3.63. The highest BCUT2D eigenvalue weighted by molar-refractivity contribution is 5.87. The van der Waals surface area contributed by atoms with Crippen molar-refractivity contribution in [2.45, 2.75) is 82.1 Å². The molecule has 0 heterocycles. The van der Waals surface area contributed by atoms with Gasteiger partial charge < -0.3 is 4.90 Å². The van der Waals surface area contributed by atoms with Gasteiger partial charge in [0.2, 0.25) is 5.91 Å². The van der Waals surface area contributed by atoms with Gasteiger partial charge in [0.25, 0.3) is 0 Å². The minimum atomic E-state index is 0.0500. The lowest BCUT2D eigenvalue weighted by atomic mass is 9.74. The summed E-state index contributed by atoms with van der Waals surface area (Å²) in [5.74, 6) is 0.0500. The van der Waals surface area contributed by atoms with E-state index in [1.807, 2.05) is 4.90 Å². The average molecular weight is 324 g/mol. The highest BCUT2D eigenvalue weighted by Gasteiger charge is 2.33. The topological polar surface area (TPSA) is 20.3 Å². The molecule has 2 nitrogen and oxygen atoms in total. The summed E-state index contributed by atoms with van der Waals surface area (Å²) in [5, 5.41) is 0. The van der Waals surface area contributed by atoms with Gasteiger partial charge in [0.1, 0.15) is 0 Å². The molecule has 0 rings (SSSR count). The molecule has 0 aliphatic rings. The standard InChI is InChI=1S/C21H41NO/c1-12-17(23)22(15-20(8,9)13-18(2,3)4)16-21(10,11)14-19(5,6)7/h12H,1,13-16H2,2-11H3. The van der Waals surface area contributed by atoms with Gasteiger partial charge in [-0.15, -0.1) is 0 Å². The fourth-order valence-electron chi connectivity index (χ4n) is 4.36. The summed E-state index contributed by atoms with van der Waals surface area (Å²) in [6, 6.07) is 0. The molecule has 0 fully saturated rings. The van der Waals surface area contributed by atoms with Crippen LogP contribution in [0.2, 0.25) is 0 Å². The Morgan fingerprint density at radius 2 is 1.09 bits per heavy atom. The van der Waals surface area contributed by atoms with Crippen LogP contribution in [0, 0.1) is 21.7 Å². The van der Waals surface area contributed by atoms with Gasteiger partial charge in [-0.1, -0.05) is 75.8 Å². The third kappa shape index (κ3) is 10.6. The van der Waals surface area contributed by atoms with Gasteiger partial charge in [0.15, 0.2) is 0 Å². The Morgan fingerprint density at radius 3 is 1.30 bits per heavy atom. The molecular formula is C21H41NO. The normalized spacial score (nSPS) is 13.8. The maximum atomic E-state index is 12.4. The number of hydrogen-bond acceptors (Lipinski definition) is 1. The summed E-state index contributed by atoms with van der Waals surface area (Å²) in [5.41, 5.74) is 0.699. The van der Waals surface area contributed by atoms with Crippen LogP contribution < -0.4 is 0 Å². The number of carbonyl (C=O) groups is 1. The lowest BCUT2D eigenvalue weighted by Gasteiger charge is -2.41. The summed E-state index contributed by atoms with van der Waals surface area (Å²) in [4.78, 5) is 14.4. The second kappa shape index (κ2) is 7.40. The van der Waals surface area contributed by atoms with Gasteiger partial charge in [-0.25, -0.2) is 0 Å². The highest BCUT2D eigenvalue weighted by Crippen LogP contribution is 2.37. The van der Waals surface area contributed by atoms with E-state index in [1.165, 1.54) is 6.08 Å². The first-order chi connectivity index (χ1) is 9.96. The predicted octanol–water partition coefficient (Wildman–Crippen LogP) is 5.93. The number of rotatable bonds is 7. The van der Waals surface area contributed by atoms with E-state index in [1.54, 1.807) is 0 Å². The van der Waals surface area contributed by atoms with E-state index in [-0.39, 0.29) is 27.6 Å². The number of hydrogen-bond donors (Lipinski definition) is 0. The second-order valence-electron chi connectivity index (χ2n) is 11.2. The van der Waals surface area contributed by atoms with Crippen LogP contribution in [0.15, 0.2) is 12.7 Å². The fourth-order valence-corrected chi connectivity index (χ4v) is 4.36. The van der Waals surface area contributed by atoms with Crippen molar-refractivity contribution >= 4 is 5.91 Å². The molecule has 0 saturated carbocycles. The molecule has 0 aromatic rings. The molecule has 0 aromatic carbocycles. The minimum absolute atomic E-state index is 0.0500. The zero-order valence-corrected chi connectivity index (χ0v) is 17.5.